The fourth-order valence-electron chi connectivity index (χ4n) is 3.94. The molecule has 3 heterocycles. The predicted molar refractivity (Wildman–Crippen MR) is 127 cm³/mol. The zero-order chi connectivity index (χ0) is 23.1. The van der Waals surface area contributed by atoms with Gasteiger partial charge in [-0.15, -0.1) is 21.5 Å². The number of aryl methyl sites for hydroxylation is 1. The first kappa shape index (κ1) is 21.9. The zero-order valence-corrected chi connectivity index (χ0v) is 19.8. The van der Waals surface area contributed by atoms with Crippen molar-refractivity contribution < 1.29 is 9.13 Å². The quantitative estimate of drug-likeness (QED) is 0.313. The minimum atomic E-state index is -0.334. The number of hydrogen-bond donors (Lipinski definition) is 2. The molecule has 11 heteroatoms. The Morgan fingerprint density at radius 3 is 2.94 bits per heavy atom. The predicted octanol–water partition coefficient (Wildman–Crippen LogP) is 3.99. The van der Waals surface area contributed by atoms with Crippen LogP contribution >= 0.6 is 23.1 Å². The van der Waals surface area contributed by atoms with Gasteiger partial charge >= 0.3 is 0 Å². The molecular weight excluding hydrogens is 463 g/mol. The first-order chi connectivity index (χ1) is 15.9. The lowest BCUT2D eigenvalue weighted by molar-refractivity contribution is 0.291. The maximum absolute atomic E-state index is 13.0. The second-order valence-corrected chi connectivity index (χ2v) is 10.6. The highest BCUT2D eigenvalue weighted by Gasteiger charge is 2.24. The Balaban J connectivity index is 1.33. The molecule has 1 aliphatic rings. The summed E-state index contributed by atoms with van der Waals surface area (Å²) < 4.78 is 20.0. The van der Waals surface area contributed by atoms with Crippen LogP contribution in [0.3, 0.4) is 0 Å². The van der Waals surface area contributed by atoms with Gasteiger partial charge in [0.1, 0.15) is 28.8 Å². The van der Waals surface area contributed by atoms with E-state index in [1.165, 1.54) is 51.1 Å². The zero-order valence-electron chi connectivity index (χ0n) is 18.2. The van der Waals surface area contributed by atoms with Crippen LogP contribution in [0.2, 0.25) is 0 Å². The molecule has 0 aliphatic heterocycles. The van der Waals surface area contributed by atoms with Crippen molar-refractivity contribution in [3.63, 3.8) is 0 Å². The van der Waals surface area contributed by atoms with Gasteiger partial charge in [-0.05, 0) is 61.9 Å². The van der Waals surface area contributed by atoms with E-state index in [9.17, 15) is 9.18 Å². The van der Waals surface area contributed by atoms with Gasteiger partial charge in [-0.2, -0.15) is 0 Å². The van der Waals surface area contributed by atoms with Crippen molar-refractivity contribution in [3.8, 4) is 5.75 Å². The minimum Gasteiger partial charge on any atom is -0.486 e. The van der Waals surface area contributed by atoms with Crippen LogP contribution in [-0.2, 0) is 19.4 Å². The highest BCUT2D eigenvalue weighted by atomic mass is 32.2. The molecule has 0 fully saturated rings. The third-order valence-electron chi connectivity index (χ3n) is 5.77. The van der Waals surface area contributed by atoms with E-state index in [0.29, 0.717) is 28.5 Å². The van der Waals surface area contributed by atoms with Gasteiger partial charge in [-0.1, -0.05) is 18.7 Å². The number of halogens is 1. The minimum absolute atomic E-state index is 0.0860. The van der Waals surface area contributed by atoms with Crippen LogP contribution in [0.1, 0.15) is 47.6 Å². The van der Waals surface area contributed by atoms with E-state index in [2.05, 4.69) is 22.1 Å². The van der Waals surface area contributed by atoms with E-state index < -0.39 is 0 Å². The molecule has 0 spiro atoms. The number of nitrogens with one attached hydrogen (secondary N) is 1. The van der Waals surface area contributed by atoms with Crippen LogP contribution in [0, 0.1) is 11.7 Å². The highest BCUT2D eigenvalue weighted by Crippen LogP contribution is 2.37. The molecule has 0 bridgehead atoms. The third-order valence-corrected chi connectivity index (χ3v) is 7.98. The standard InChI is InChI=1S/C22H23FN6O2S2/c1-11-3-8-15-16(9-11)33-21-18(15)20(30)25-19(26-21)12(2)32-22-28-27-17(29(22)24)10-31-14-6-4-13(23)5-7-14/h4-7,11-12H,3,8-10,24H2,1-2H3,(H,25,26,30). The number of aromatic amines is 1. The fourth-order valence-corrected chi connectivity index (χ4v) is 6.17. The number of benzene rings is 1. The summed E-state index contributed by atoms with van der Waals surface area (Å²) in [6.07, 6.45) is 3.05. The first-order valence-electron chi connectivity index (χ1n) is 10.7. The molecule has 8 nitrogen and oxygen atoms in total. The molecule has 5 rings (SSSR count). The molecule has 1 aromatic carbocycles. The highest BCUT2D eigenvalue weighted by molar-refractivity contribution is 7.99. The van der Waals surface area contributed by atoms with Crippen LogP contribution in [0.4, 0.5) is 4.39 Å². The van der Waals surface area contributed by atoms with Crippen molar-refractivity contribution in [1.82, 2.24) is 24.8 Å². The smallest absolute Gasteiger partial charge is 0.259 e. The van der Waals surface area contributed by atoms with E-state index in [-0.39, 0.29) is 23.2 Å². The van der Waals surface area contributed by atoms with Gasteiger partial charge in [-0.25, -0.2) is 14.1 Å². The number of rotatable bonds is 6. The molecule has 0 radical (unpaired) electrons. The van der Waals surface area contributed by atoms with Crippen molar-refractivity contribution in [3.05, 3.63) is 62.5 Å². The molecule has 4 aromatic rings. The number of ether oxygens (including phenoxy) is 1. The maximum atomic E-state index is 13.0. The molecular formula is C22H23FN6O2S2. The summed E-state index contributed by atoms with van der Waals surface area (Å²) in [6, 6.07) is 5.71. The Kier molecular flexibility index (Phi) is 5.83. The number of nitrogens with two attached hydrogens (primary N) is 1. The van der Waals surface area contributed by atoms with Gasteiger partial charge in [0.15, 0.2) is 5.82 Å². The van der Waals surface area contributed by atoms with E-state index in [4.69, 9.17) is 15.6 Å². The van der Waals surface area contributed by atoms with Crippen molar-refractivity contribution in [2.24, 2.45) is 5.92 Å². The number of H-pyrrole nitrogens is 1. The SMILES string of the molecule is CC1CCc2c(sc3nc(C(C)Sc4nnc(COc5ccc(F)cc5)n4N)[nH]c(=O)c23)C1. The summed E-state index contributed by atoms with van der Waals surface area (Å²) in [5.74, 6) is 7.97. The average molecular weight is 487 g/mol. The summed E-state index contributed by atoms with van der Waals surface area (Å²) in [5, 5.41) is 9.26. The number of thiophene rings is 1. The van der Waals surface area contributed by atoms with Crippen molar-refractivity contribution in [2.75, 3.05) is 5.84 Å². The summed E-state index contributed by atoms with van der Waals surface area (Å²) in [4.78, 5) is 22.7. The molecule has 33 heavy (non-hydrogen) atoms. The summed E-state index contributed by atoms with van der Waals surface area (Å²) in [6.45, 7) is 4.27. The Bertz CT molecular complexity index is 1360. The third kappa shape index (κ3) is 4.34. The summed E-state index contributed by atoms with van der Waals surface area (Å²) in [5.41, 5.74) is 1.08. The first-order valence-corrected chi connectivity index (χ1v) is 12.4. The average Bonchev–Trinajstić information content (AvgIpc) is 3.33. The number of hydrogen-bond acceptors (Lipinski definition) is 8. The molecule has 172 valence electrons. The normalized spacial score (nSPS) is 16.6. The molecule has 1 aliphatic carbocycles. The molecule has 3 N–H and O–H groups in total. The van der Waals surface area contributed by atoms with Crippen LogP contribution in [0.5, 0.6) is 5.75 Å². The van der Waals surface area contributed by atoms with Crippen molar-refractivity contribution in [2.45, 2.75) is 50.1 Å². The maximum Gasteiger partial charge on any atom is 0.259 e. The molecule has 0 amide bonds. The Morgan fingerprint density at radius 1 is 1.36 bits per heavy atom. The Morgan fingerprint density at radius 2 is 2.15 bits per heavy atom. The van der Waals surface area contributed by atoms with Gasteiger partial charge in [-0.3, -0.25) is 4.79 Å². The van der Waals surface area contributed by atoms with Crippen molar-refractivity contribution >= 4 is 33.3 Å². The fraction of sp³-hybridized carbons (Fsp3) is 0.364. The van der Waals surface area contributed by atoms with Crippen LogP contribution in [-0.4, -0.2) is 24.8 Å². The summed E-state index contributed by atoms with van der Waals surface area (Å²) in [7, 11) is 0. The van der Waals surface area contributed by atoms with Gasteiger partial charge in [0, 0.05) is 4.88 Å². The number of aromatic nitrogens is 5. The lowest BCUT2D eigenvalue weighted by Gasteiger charge is -2.17. The molecule has 2 unspecified atom stereocenters. The second kappa shape index (κ2) is 8.79. The summed E-state index contributed by atoms with van der Waals surface area (Å²) >= 11 is 2.98. The number of nitrogen functional groups attached to an aromatic ring is 1. The molecule has 2 atom stereocenters. The van der Waals surface area contributed by atoms with Gasteiger partial charge < -0.3 is 15.6 Å². The van der Waals surface area contributed by atoms with Crippen molar-refractivity contribution in [1.29, 1.82) is 0 Å². The lowest BCUT2D eigenvalue weighted by Crippen LogP contribution is -2.17. The van der Waals surface area contributed by atoms with E-state index in [1.54, 1.807) is 11.3 Å². The van der Waals surface area contributed by atoms with Crippen LogP contribution in [0.15, 0.2) is 34.2 Å². The number of thioether (sulfide) groups is 1. The van der Waals surface area contributed by atoms with Gasteiger partial charge in [0.25, 0.3) is 5.56 Å². The van der Waals surface area contributed by atoms with Crippen LogP contribution in [0.25, 0.3) is 10.2 Å². The number of nitrogens with zero attached hydrogens (tertiary/aromatic N) is 4. The topological polar surface area (TPSA) is 112 Å². The Hall–Kier alpha value is -2.92. The van der Waals surface area contributed by atoms with Gasteiger partial charge in [0.2, 0.25) is 5.16 Å². The largest absolute Gasteiger partial charge is 0.486 e. The van der Waals surface area contributed by atoms with E-state index in [0.717, 1.165) is 29.5 Å². The number of fused-ring (bicyclic) bond motifs is 3. The molecule has 0 saturated heterocycles. The monoisotopic (exact) mass is 486 g/mol. The van der Waals surface area contributed by atoms with E-state index in [1.807, 2.05) is 6.92 Å². The van der Waals surface area contributed by atoms with E-state index >= 15 is 0 Å². The second-order valence-electron chi connectivity index (χ2n) is 8.25. The molecule has 3 aromatic heterocycles. The molecule has 0 saturated carbocycles. The van der Waals surface area contributed by atoms with Crippen LogP contribution < -0.4 is 16.1 Å². The Labute approximate surface area is 197 Å². The van der Waals surface area contributed by atoms with Gasteiger partial charge in [0.05, 0.1) is 10.6 Å². The lowest BCUT2D eigenvalue weighted by atomic mass is 9.89.